The van der Waals surface area contributed by atoms with Crippen LogP contribution in [0.15, 0.2) is 46.2 Å². The Morgan fingerprint density at radius 1 is 1.32 bits per heavy atom. The molecule has 2 heterocycles. The van der Waals surface area contributed by atoms with Crippen LogP contribution in [-0.2, 0) is 4.79 Å². The molecule has 0 bridgehead atoms. The van der Waals surface area contributed by atoms with Crippen LogP contribution in [0.1, 0.15) is 29.9 Å². The number of rotatable bonds is 6. The van der Waals surface area contributed by atoms with E-state index in [4.69, 9.17) is 4.42 Å². The van der Waals surface area contributed by atoms with Gasteiger partial charge in [-0.2, -0.15) is 4.68 Å². The van der Waals surface area contributed by atoms with Crippen LogP contribution in [0.25, 0.3) is 5.69 Å². The first-order chi connectivity index (χ1) is 12.1. The number of thioether (sulfide) groups is 1. The maximum Gasteiger partial charge on any atom is 0.231 e. The molecule has 2 aromatic heterocycles. The van der Waals surface area contributed by atoms with Crippen LogP contribution in [0, 0.1) is 13.8 Å². The summed E-state index contributed by atoms with van der Waals surface area (Å²) in [6, 6.07) is 9.41. The second-order valence-electron chi connectivity index (χ2n) is 5.69. The van der Waals surface area contributed by atoms with E-state index in [2.05, 4.69) is 20.8 Å². The topological polar surface area (TPSA) is 85.8 Å². The van der Waals surface area contributed by atoms with Crippen LogP contribution in [0.5, 0.6) is 0 Å². The van der Waals surface area contributed by atoms with E-state index in [1.807, 2.05) is 45.0 Å². The van der Waals surface area contributed by atoms with E-state index in [9.17, 15) is 4.79 Å². The zero-order chi connectivity index (χ0) is 17.8. The highest BCUT2D eigenvalue weighted by Crippen LogP contribution is 2.22. The van der Waals surface area contributed by atoms with Crippen molar-refractivity contribution in [3.05, 3.63) is 53.5 Å². The standard InChI is InChI=1S/C17H19N5O2S/c1-11-6-4-7-14(12(11)2)22-17(19-20-21-22)25-10-16(23)18-13(3)15-8-5-9-24-15/h4-9,13H,10H2,1-3H3,(H,18,23). The Morgan fingerprint density at radius 3 is 2.92 bits per heavy atom. The van der Waals surface area contributed by atoms with Gasteiger partial charge in [-0.15, -0.1) is 5.10 Å². The lowest BCUT2D eigenvalue weighted by atomic mass is 10.1. The first-order valence-electron chi connectivity index (χ1n) is 7.87. The van der Waals surface area contributed by atoms with Gasteiger partial charge in [-0.1, -0.05) is 23.9 Å². The highest BCUT2D eigenvalue weighted by atomic mass is 32.2. The minimum absolute atomic E-state index is 0.107. The molecule has 1 aromatic carbocycles. The third kappa shape index (κ3) is 3.90. The lowest BCUT2D eigenvalue weighted by Gasteiger charge is -2.11. The van der Waals surface area contributed by atoms with Crippen LogP contribution in [0.3, 0.4) is 0 Å². The molecular formula is C17H19N5O2S. The number of hydrogen-bond acceptors (Lipinski definition) is 6. The van der Waals surface area contributed by atoms with Crippen molar-refractivity contribution < 1.29 is 9.21 Å². The number of tetrazole rings is 1. The monoisotopic (exact) mass is 357 g/mol. The van der Waals surface area contributed by atoms with Crippen LogP contribution in [-0.4, -0.2) is 31.9 Å². The van der Waals surface area contributed by atoms with Crippen molar-refractivity contribution in [1.82, 2.24) is 25.5 Å². The molecule has 3 rings (SSSR count). The van der Waals surface area contributed by atoms with E-state index in [1.54, 1.807) is 17.0 Å². The highest BCUT2D eigenvalue weighted by Gasteiger charge is 2.16. The molecule has 0 radical (unpaired) electrons. The van der Waals surface area contributed by atoms with Gasteiger partial charge in [-0.05, 0) is 60.5 Å². The highest BCUT2D eigenvalue weighted by molar-refractivity contribution is 7.99. The fourth-order valence-corrected chi connectivity index (χ4v) is 3.10. The van der Waals surface area contributed by atoms with Crippen molar-refractivity contribution in [2.75, 3.05) is 5.75 Å². The van der Waals surface area contributed by atoms with Crippen molar-refractivity contribution in [3.8, 4) is 5.69 Å². The Kier molecular flexibility index (Phi) is 5.18. The molecule has 1 atom stereocenters. The van der Waals surface area contributed by atoms with Gasteiger partial charge in [0.05, 0.1) is 23.7 Å². The third-order valence-corrected chi connectivity index (χ3v) is 4.84. The van der Waals surface area contributed by atoms with Gasteiger partial charge in [0, 0.05) is 0 Å². The summed E-state index contributed by atoms with van der Waals surface area (Å²) in [6.07, 6.45) is 1.59. The lowest BCUT2D eigenvalue weighted by Crippen LogP contribution is -2.28. The molecule has 3 aromatic rings. The number of carbonyl (C=O) groups is 1. The van der Waals surface area contributed by atoms with Crippen molar-refractivity contribution in [2.24, 2.45) is 0 Å². The fourth-order valence-electron chi connectivity index (χ4n) is 2.41. The molecule has 1 amide bonds. The maximum atomic E-state index is 12.2. The number of hydrogen-bond donors (Lipinski definition) is 1. The third-order valence-electron chi connectivity index (χ3n) is 3.92. The van der Waals surface area contributed by atoms with Gasteiger partial charge in [0.2, 0.25) is 11.1 Å². The molecule has 0 saturated carbocycles. The zero-order valence-electron chi connectivity index (χ0n) is 14.3. The van der Waals surface area contributed by atoms with Gasteiger partial charge in [-0.25, -0.2) is 0 Å². The van der Waals surface area contributed by atoms with Crippen molar-refractivity contribution in [1.29, 1.82) is 0 Å². The molecule has 0 saturated heterocycles. The lowest BCUT2D eigenvalue weighted by molar-refractivity contribution is -0.119. The molecular weight excluding hydrogens is 338 g/mol. The Hall–Kier alpha value is -2.61. The fraction of sp³-hybridized carbons (Fsp3) is 0.294. The molecule has 0 aliphatic heterocycles. The Morgan fingerprint density at radius 2 is 2.16 bits per heavy atom. The average molecular weight is 357 g/mol. The molecule has 0 aliphatic carbocycles. The van der Waals surface area contributed by atoms with E-state index >= 15 is 0 Å². The molecule has 8 heteroatoms. The molecule has 25 heavy (non-hydrogen) atoms. The normalized spacial score (nSPS) is 12.1. The number of amides is 1. The SMILES string of the molecule is Cc1cccc(-n2nnnc2SCC(=O)NC(C)c2ccco2)c1C. The second-order valence-corrected chi connectivity index (χ2v) is 6.63. The van der Waals surface area contributed by atoms with Crippen molar-refractivity contribution in [3.63, 3.8) is 0 Å². The van der Waals surface area contributed by atoms with Gasteiger partial charge < -0.3 is 9.73 Å². The molecule has 0 aliphatic rings. The second kappa shape index (κ2) is 7.52. The summed E-state index contributed by atoms with van der Waals surface area (Å²) >= 11 is 1.29. The summed E-state index contributed by atoms with van der Waals surface area (Å²) in [5.74, 6) is 0.832. The summed E-state index contributed by atoms with van der Waals surface area (Å²) < 4.78 is 6.95. The van der Waals surface area contributed by atoms with E-state index in [0.717, 1.165) is 22.6 Å². The predicted molar refractivity (Wildman–Crippen MR) is 94.6 cm³/mol. The first kappa shape index (κ1) is 17.2. The largest absolute Gasteiger partial charge is 0.467 e. The first-order valence-corrected chi connectivity index (χ1v) is 8.85. The summed E-state index contributed by atoms with van der Waals surface area (Å²) in [6.45, 7) is 5.94. The molecule has 0 fully saturated rings. The number of carbonyl (C=O) groups excluding carboxylic acids is 1. The number of nitrogens with zero attached hydrogens (tertiary/aromatic N) is 4. The summed E-state index contributed by atoms with van der Waals surface area (Å²) in [7, 11) is 0. The Balaban J connectivity index is 1.66. The number of nitrogens with one attached hydrogen (secondary N) is 1. The molecule has 130 valence electrons. The van der Waals surface area contributed by atoms with Gasteiger partial charge in [0.15, 0.2) is 0 Å². The zero-order valence-corrected chi connectivity index (χ0v) is 15.1. The molecule has 0 spiro atoms. The number of aromatic nitrogens is 4. The van der Waals surface area contributed by atoms with Crippen LogP contribution in [0.4, 0.5) is 0 Å². The minimum atomic E-state index is -0.182. The van der Waals surface area contributed by atoms with Crippen LogP contribution in [0.2, 0.25) is 0 Å². The molecule has 7 nitrogen and oxygen atoms in total. The number of benzene rings is 1. The van der Waals surface area contributed by atoms with Gasteiger partial charge in [0.1, 0.15) is 5.76 Å². The van der Waals surface area contributed by atoms with E-state index in [-0.39, 0.29) is 17.7 Å². The summed E-state index contributed by atoms with van der Waals surface area (Å²) in [5.41, 5.74) is 3.18. The van der Waals surface area contributed by atoms with Crippen LogP contribution >= 0.6 is 11.8 Å². The minimum Gasteiger partial charge on any atom is -0.467 e. The van der Waals surface area contributed by atoms with Gasteiger partial charge >= 0.3 is 0 Å². The van der Waals surface area contributed by atoms with Crippen molar-refractivity contribution in [2.45, 2.75) is 32.0 Å². The van der Waals surface area contributed by atoms with E-state index < -0.39 is 0 Å². The van der Waals surface area contributed by atoms with Crippen molar-refractivity contribution >= 4 is 17.7 Å². The molecule has 1 unspecified atom stereocenters. The smallest absolute Gasteiger partial charge is 0.231 e. The van der Waals surface area contributed by atoms with Crippen LogP contribution < -0.4 is 5.32 Å². The Labute approximate surface area is 149 Å². The molecule has 1 N–H and O–H groups in total. The Bertz CT molecular complexity index is 860. The average Bonchev–Trinajstić information content (AvgIpc) is 3.27. The number of furan rings is 1. The maximum absolute atomic E-state index is 12.2. The van der Waals surface area contributed by atoms with Gasteiger partial charge in [-0.3, -0.25) is 4.79 Å². The number of aryl methyl sites for hydroxylation is 1. The quantitative estimate of drug-likeness (QED) is 0.683. The van der Waals surface area contributed by atoms with E-state index in [1.165, 1.54) is 11.8 Å². The predicted octanol–water partition coefficient (Wildman–Crippen LogP) is 2.84. The summed E-state index contributed by atoms with van der Waals surface area (Å²) in [4.78, 5) is 12.2. The van der Waals surface area contributed by atoms with Gasteiger partial charge in [0.25, 0.3) is 0 Å². The van der Waals surface area contributed by atoms with E-state index in [0.29, 0.717) is 5.16 Å². The summed E-state index contributed by atoms with van der Waals surface area (Å²) in [5, 5.41) is 15.3.